The molecule has 9 nitrogen and oxygen atoms in total. The molecule has 3 aromatic rings. The van der Waals surface area contributed by atoms with Crippen molar-refractivity contribution in [3.05, 3.63) is 60.8 Å². The van der Waals surface area contributed by atoms with E-state index in [4.69, 9.17) is 0 Å². The quantitative estimate of drug-likeness (QED) is 0.708. The third-order valence-electron chi connectivity index (χ3n) is 4.46. The van der Waals surface area contributed by atoms with Crippen LogP contribution in [0.15, 0.2) is 55.2 Å². The number of amides is 3. The lowest BCUT2D eigenvalue weighted by atomic mass is 10.2. The topological polar surface area (TPSA) is 105 Å². The summed E-state index contributed by atoms with van der Waals surface area (Å²) < 4.78 is 1.54. The summed E-state index contributed by atoms with van der Waals surface area (Å²) in [5, 5.41) is 9.74. The number of carbonyl (C=O) groups excluding carboxylic acids is 2. The van der Waals surface area contributed by atoms with Crippen LogP contribution >= 0.6 is 0 Å². The van der Waals surface area contributed by atoms with Crippen LogP contribution in [-0.2, 0) is 11.3 Å². The summed E-state index contributed by atoms with van der Waals surface area (Å²) in [5.74, 6) is 0.672. The Balaban J connectivity index is 1.45. The van der Waals surface area contributed by atoms with Gasteiger partial charge in [0.15, 0.2) is 5.82 Å². The number of hydrogen-bond donors (Lipinski definition) is 2. The Labute approximate surface area is 161 Å². The van der Waals surface area contributed by atoms with E-state index in [1.807, 2.05) is 24.3 Å². The fourth-order valence-electron chi connectivity index (χ4n) is 3.15. The molecule has 3 heterocycles. The number of aromatic nitrogens is 4. The maximum absolute atomic E-state index is 12.5. The van der Waals surface area contributed by atoms with E-state index in [1.165, 1.54) is 6.33 Å². The molecule has 0 bridgehead atoms. The Morgan fingerprint density at radius 2 is 2.07 bits per heavy atom. The van der Waals surface area contributed by atoms with E-state index in [0.29, 0.717) is 30.2 Å². The summed E-state index contributed by atoms with van der Waals surface area (Å²) >= 11 is 0. The normalized spacial score (nSPS) is 13.6. The average molecular weight is 377 g/mol. The molecule has 0 atom stereocenters. The molecule has 3 amide bonds. The highest BCUT2D eigenvalue weighted by Gasteiger charge is 2.24. The van der Waals surface area contributed by atoms with E-state index in [1.54, 1.807) is 34.2 Å². The van der Waals surface area contributed by atoms with Gasteiger partial charge in [-0.25, -0.2) is 19.4 Å². The largest absolute Gasteiger partial charge is 0.334 e. The average Bonchev–Trinajstić information content (AvgIpc) is 3.39. The molecule has 0 spiro atoms. The van der Waals surface area contributed by atoms with Crippen molar-refractivity contribution < 1.29 is 9.59 Å². The lowest BCUT2D eigenvalue weighted by Gasteiger charge is -2.20. The fraction of sp³-hybridized carbons (Fsp3) is 0.211. The zero-order chi connectivity index (χ0) is 19.3. The summed E-state index contributed by atoms with van der Waals surface area (Å²) in [6, 6.07) is 10.6. The smallest absolute Gasteiger partial charge is 0.319 e. The van der Waals surface area contributed by atoms with Crippen molar-refractivity contribution in [2.24, 2.45) is 0 Å². The number of benzene rings is 1. The molecule has 1 saturated heterocycles. The Hall–Kier alpha value is -3.75. The van der Waals surface area contributed by atoms with E-state index < -0.39 is 0 Å². The van der Waals surface area contributed by atoms with Crippen LogP contribution in [0.25, 0.3) is 5.82 Å². The maximum atomic E-state index is 12.5. The fourth-order valence-corrected chi connectivity index (χ4v) is 3.15. The standard InChI is InChI=1S/C19H19N7O2/c27-17-8-4-10-25(17)16-7-2-1-6-15(16)24-19(28)22-11-14-5-3-9-21-18(14)26-13-20-12-23-26/h1-3,5-7,9,12-13H,4,8,10-11H2,(H2,22,24,28). The van der Waals surface area contributed by atoms with E-state index in [-0.39, 0.29) is 18.5 Å². The number of carbonyl (C=O) groups is 2. The van der Waals surface area contributed by atoms with Crippen molar-refractivity contribution in [1.29, 1.82) is 0 Å². The molecular formula is C19H19N7O2. The summed E-state index contributed by atoms with van der Waals surface area (Å²) in [6.07, 6.45) is 5.99. The van der Waals surface area contributed by atoms with Crippen LogP contribution < -0.4 is 15.5 Å². The molecule has 28 heavy (non-hydrogen) atoms. The summed E-state index contributed by atoms with van der Waals surface area (Å²) in [4.78, 5) is 34.4. The number of nitrogens with zero attached hydrogens (tertiary/aromatic N) is 5. The van der Waals surface area contributed by atoms with Crippen LogP contribution in [0.4, 0.5) is 16.2 Å². The number of urea groups is 1. The third-order valence-corrected chi connectivity index (χ3v) is 4.46. The first-order valence-corrected chi connectivity index (χ1v) is 8.95. The van der Waals surface area contributed by atoms with Crippen molar-refractivity contribution in [3.63, 3.8) is 0 Å². The van der Waals surface area contributed by atoms with Gasteiger partial charge in [0.1, 0.15) is 12.7 Å². The number of pyridine rings is 1. The minimum atomic E-state index is -0.368. The summed E-state index contributed by atoms with van der Waals surface area (Å²) in [7, 11) is 0. The van der Waals surface area contributed by atoms with Gasteiger partial charge in [-0.1, -0.05) is 18.2 Å². The highest BCUT2D eigenvalue weighted by Crippen LogP contribution is 2.29. The van der Waals surface area contributed by atoms with E-state index in [2.05, 4.69) is 25.7 Å². The number of para-hydroxylation sites is 2. The molecule has 1 fully saturated rings. The van der Waals surface area contributed by atoms with Gasteiger partial charge in [-0.3, -0.25) is 4.79 Å². The van der Waals surface area contributed by atoms with E-state index >= 15 is 0 Å². The van der Waals surface area contributed by atoms with Gasteiger partial charge in [0, 0.05) is 31.3 Å². The van der Waals surface area contributed by atoms with Crippen LogP contribution in [0.5, 0.6) is 0 Å². The van der Waals surface area contributed by atoms with Crippen molar-refractivity contribution in [2.45, 2.75) is 19.4 Å². The molecule has 142 valence electrons. The van der Waals surface area contributed by atoms with Crippen LogP contribution in [0, 0.1) is 0 Å². The second kappa shape index (κ2) is 7.87. The second-order valence-electron chi connectivity index (χ2n) is 6.30. The zero-order valence-corrected chi connectivity index (χ0v) is 15.1. The first kappa shape index (κ1) is 17.7. The van der Waals surface area contributed by atoms with Gasteiger partial charge in [0.2, 0.25) is 5.91 Å². The van der Waals surface area contributed by atoms with Gasteiger partial charge < -0.3 is 15.5 Å². The lowest BCUT2D eigenvalue weighted by molar-refractivity contribution is -0.117. The zero-order valence-electron chi connectivity index (χ0n) is 15.1. The van der Waals surface area contributed by atoms with Gasteiger partial charge in [-0.15, -0.1) is 0 Å². The first-order chi connectivity index (χ1) is 13.7. The minimum Gasteiger partial charge on any atom is -0.334 e. The number of anilines is 2. The van der Waals surface area contributed by atoms with Gasteiger partial charge in [-0.2, -0.15) is 5.10 Å². The molecule has 0 unspecified atom stereocenters. The third kappa shape index (κ3) is 3.68. The molecular weight excluding hydrogens is 358 g/mol. The predicted molar refractivity (Wildman–Crippen MR) is 103 cm³/mol. The maximum Gasteiger partial charge on any atom is 0.319 e. The molecule has 4 rings (SSSR count). The van der Waals surface area contributed by atoms with E-state index in [0.717, 1.165) is 12.0 Å². The van der Waals surface area contributed by atoms with Crippen molar-refractivity contribution in [3.8, 4) is 5.82 Å². The SMILES string of the molecule is O=C(NCc1cccnc1-n1cncn1)Nc1ccccc1N1CCCC1=O. The molecule has 9 heteroatoms. The van der Waals surface area contributed by atoms with Crippen molar-refractivity contribution in [2.75, 3.05) is 16.8 Å². The molecule has 0 radical (unpaired) electrons. The number of hydrogen-bond acceptors (Lipinski definition) is 5. The molecule has 1 aliphatic heterocycles. The monoisotopic (exact) mass is 377 g/mol. The highest BCUT2D eigenvalue weighted by molar-refractivity contribution is 6.01. The molecule has 1 aromatic carbocycles. The Bertz CT molecular complexity index is 987. The number of nitrogens with one attached hydrogen (secondary N) is 2. The predicted octanol–water partition coefficient (Wildman–Crippen LogP) is 2.11. The van der Waals surface area contributed by atoms with Crippen LogP contribution in [0.3, 0.4) is 0 Å². The molecule has 2 aromatic heterocycles. The molecule has 1 aliphatic rings. The summed E-state index contributed by atoms with van der Waals surface area (Å²) in [5.41, 5.74) is 2.11. The first-order valence-electron chi connectivity index (χ1n) is 8.95. The highest BCUT2D eigenvalue weighted by atomic mass is 16.2. The molecule has 0 aliphatic carbocycles. The minimum absolute atomic E-state index is 0.0718. The van der Waals surface area contributed by atoms with Gasteiger partial charge in [0.25, 0.3) is 0 Å². The second-order valence-corrected chi connectivity index (χ2v) is 6.30. The van der Waals surface area contributed by atoms with E-state index in [9.17, 15) is 9.59 Å². The van der Waals surface area contributed by atoms with Gasteiger partial charge >= 0.3 is 6.03 Å². The van der Waals surface area contributed by atoms with Crippen LogP contribution in [0.2, 0.25) is 0 Å². The van der Waals surface area contributed by atoms with Crippen molar-refractivity contribution in [1.82, 2.24) is 25.1 Å². The summed E-state index contributed by atoms with van der Waals surface area (Å²) in [6.45, 7) is 0.926. The van der Waals surface area contributed by atoms with Crippen LogP contribution in [0.1, 0.15) is 18.4 Å². The Kier molecular flexibility index (Phi) is 4.96. The lowest BCUT2D eigenvalue weighted by Crippen LogP contribution is -2.30. The molecule has 0 saturated carbocycles. The molecule has 2 N–H and O–H groups in total. The van der Waals surface area contributed by atoms with Gasteiger partial charge in [0.05, 0.1) is 11.4 Å². The van der Waals surface area contributed by atoms with Crippen LogP contribution in [-0.4, -0.2) is 38.2 Å². The van der Waals surface area contributed by atoms with Crippen molar-refractivity contribution >= 4 is 23.3 Å². The number of rotatable bonds is 5. The Morgan fingerprint density at radius 3 is 2.86 bits per heavy atom. The van der Waals surface area contributed by atoms with Gasteiger partial charge in [-0.05, 0) is 24.6 Å². The Morgan fingerprint density at radius 1 is 1.18 bits per heavy atom.